The Balaban J connectivity index is 1.25. The average molecular weight is 1110 g/mol. The summed E-state index contributed by atoms with van der Waals surface area (Å²) in [5.74, 6) is 3.88. The van der Waals surface area contributed by atoms with Crippen molar-refractivity contribution in [1.29, 1.82) is 0 Å². The summed E-state index contributed by atoms with van der Waals surface area (Å²) in [6.45, 7) is 57.0. The summed E-state index contributed by atoms with van der Waals surface area (Å²) in [5, 5.41) is 39.3. The van der Waals surface area contributed by atoms with Gasteiger partial charge >= 0.3 is 0 Å². The number of nitrogens with one attached hydrogen (secondary N) is 10. The van der Waals surface area contributed by atoms with Crippen LogP contribution in [0.3, 0.4) is 0 Å². The number of hydrogen-bond donors (Lipinski definition) is 10. The van der Waals surface area contributed by atoms with Gasteiger partial charge in [-0.05, 0) is 243 Å². The second-order valence-electron chi connectivity index (χ2n) is 34.4. The quantitative estimate of drug-likeness (QED) is 0.0806. The second kappa shape index (κ2) is 21.3. The Kier molecular flexibility index (Phi) is 16.7. The van der Waals surface area contributed by atoms with E-state index >= 15 is 0 Å². The van der Waals surface area contributed by atoms with Gasteiger partial charge in [-0.1, -0.05) is 0 Å². The lowest BCUT2D eigenvalue weighted by atomic mass is 9.78. The molecule has 0 radical (unpaired) electrons. The first-order valence-electron chi connectivity index (χ1n) is 31.1. The lowest BCUT2D eigenvalue weighted by Crippen LogP contribution is -2.64. The van der Waals surface area contributed by atoms with E-state index in [4.69, 9.17) is 29.9 Å². The number of hydrogen-bond acceptors (Lipinski definition) is 18. The molecule has 0 unspecified atom stereocenters. The molecule has 6 aliphatic heterocycles. The molecule has 18 nitrogen and oxygen atoms in total. The fourth-order valence-electron chi connectivity index (χ4n) is 17.8. The van der Waals surface area contributed by atoms with Crippen molar-refractivity contribution in [2.24, 2.45) is 0 Å². The second-order valence-corrected chi connectivity index (χ2v) is 34.4. The van der Waals surface area contributed by atoms with Gasteiger partial charge in [0.15, 0.2) is 0 Å². The van der Waals surface area contributed by atoms with Gasteiger partial charge in [0.25, 0.3) is 0 Å². The molecular weight excluding hydrogens is 997 g/mol. The smallest absolute Gasteiger partial charge is 0.232 e. The van der Waals surface area contributed by atoms with E-state index in [9.17, 15) is 0 Å². The molecule has 8 rings (SSSR count). The van der Waals surface area contributed by atoms with E-state index in [1.807, 2.05) is 0 Å². The molecule has 0 saturated carbocycles. The van der Waals surface area contributed by atoms with E-state index in [2.05, 4.69) is 229 Å². The molecular formula is C62H116N18. The largest absolute Gasteiger partial charge is 0.351 e. The Morgan fingerprint density at radius 2 is 0.438 bits per heavy atom. The summed E-state index contributed by atoms with van der Waals surface area (Å²) in [7, 11) is 0. The van der Waals surface area contributed by atoms with Crippen LogP contribution in [0.5, 0.6) is 0 Å². The average Bonchev–Trinajstić information content (AvgIpc) is 3.15. The molecule has 0 aromatic carbocycles. The predicted molar refractivity (Wildman–Crippen MR) is 335 cm³/mol. The SMILES string of the molecule is CC1(C)CC(Nc2nc(NC3CC(C)(C)NC(C)(C)C3)nc(N(CCN(c3nc(NC4CC(C)(C)NC(C)(C)C4)nc(NC4CC(C)(C)NC(C)(C)C4)n3)C3CC(C)(C)NC(C)(C)C3)C3CC(C)(C)NC(C)(C)C3)n2)CC(C)(C)N1. The summed E-state index contributed by atoms with van der Waals surface area (Å²) in [6, 6.07) is 0.843. The molecule has 2 aromatic rings. The number of aromatic nitrogens is 6. The van der Waals surface area contributed by atoms with Crippen LogP contribution in [0, 0.1) is 0 Å². The van der Waals surface area contributed by atoms with Crippen LogP contribution in [0.2, 0.25) is 0 Å². The Labute approximate surface area is 485 Å². The summed E-state index contributed by atoms with van der Waals surface area (Å²) in [5.41, 5.74) is -1.11. The fourth-order valence-corrected chi connectivity index (χ4v) is 17.8. The first-order chi connectivity index (χ1) is 36.2. The minimum atomic E-state index is -0.147. The number of anilines is 6. The maximum atomic E-state index is 5.56. The van der Waals surface area contributed by atoms with Gasteiger partial charge in [-0.15, -0.1) is 0 Å². The van der Waals surface area contributed by atoms with Gasteiger partial charge in [0.05, 0.1) is 0 Å². The lowest BCUT2D eigenvalue weighted by Gasteiger charge is -2.51. The third-order valence-electron chi connectivity index (χ3n) is 17.7. The highest BCUT2D eigenvalue weighted by molar-refractivity contribution is 5.49. The van der Waals surface area contributed by atoms with Crippen LogP contribution in [-0.4, -0.2) is 146 Å². The van der Waals surface area contributed by atoms with Crippen LogP contribution >= 0.6 is 0 Å². The van der Waals surface area contributed by atoms with Gasteiger partial charge in [-0.3, -0.25) is 0 Å². The first kappa shape index (κ1) is 62.6. The molecule has 0 aliphatic carbocycles. The minimum absolute atomic E-state index is 0.0659. The standard InChI is InChI=1S/C62H116N18/c1-51(2)27-39(28-52(3,4)73-51)63-45-67-46(64-40-29-53(5,6)74-54(7,8)30-40)70-49(69-45)79(43-35-59(17,18)77-60(19,20)36-43)25-26-80(44-37-61(21,22)78-62(23,24)38-44)50-71-47(65-41-31-55(9,10)75-56(11,12)32-41)68-48(72-50)66-42-33-57(13,14)76-58(15,16)34-42/h39-44,73-78H,25-38H2,1-24H3,(H2,63,64,67,69,70)(H2,65,66,68,71,72). The van der Waals surface area contributed by atoms with Crippen molar-refractivity contribution in [3.05, 3.63) is 0 Å². The lowest BCUT2D eigenvalue weighted by molar-refractivity contribution is 0.153. The maximum Gasteiger partial charge on any atom is 0.232 e. The molecule has 80 heavy (non-hydrogen) atoms. The molecule has 6 fully saturated rings. The normalized spacial score (nSPS) is 27.9. The van der Waals surface area contributed by atoms with E-state index in [0.717, 1.165) is 77.0 Å². The molecule has 6 aliphatic rings. The third kappa shape index (κ3) is 17.1. The van der Waals surface area contributed by atoms with Crippen molar-refractivity contribution in [3.63, 3.8) is 0 Å². The monoisotopic (exact) mass is 1110 g/mol. The van der Waals surface area contributed by atoms with Crippen molar-refractivity contribution >= 4 is 35.7 Å². The molecule has 0 spiro atoms. The van der Waals surface area contributed by atoms with Crippen LogP contribution in [-0.2, 0) is 0 Å². The number of piperidine rings is 6. The highest BCUT2D eigenvalue weighted by Crippen LogP contribution is 2.39. The van der Waals surface area contributed by atoms with Gasteiger partial charge in [0, 0.05) is 116 Å². The van der Waals surface area contributed by atoms with Gasteiger partial charge in [-0.2, -0.15) is 29.9 Å². The molecule has 8 heterocycles. The zero-order valence-electron chi connectivity index (χ0n) is 54.9. The molecule has 18 heteroatoms. The van der Waals surface area contributed by atoms with Gasteiger partial charge in [-0.25, -0.2) is 0 Å². The highest BCUT2D eigenvalue weighted by atomic mass is 15.4. The van der Waals surface area contributed by atoms with Crippen molar-refractivity contribution < 1.29 is 0 Å². The Morgan fingerprint density at radius 1 is 0.275 bits per heavy atom. The Bertz CT molecular complexity index is 2110. The van der Waals surface area contributed by atoms with Crippen molar-refractivity contribution in [2.75, 3.05) is 44.2 Å². The summed E-state index contributed by atoms with van der Waals surface area (Å²) >= 11 is 0. The van der Waals surface area contributed by atoms with Crippen molar-refractivity contribution in [2.45, 2.75) is 346 Å². The molecule has 0 atom stereocenters. The summed E-state index contributed by atoms with van der Waals surface area (Å²) < 4.78 is 0. The van der Waals surface area contributed by atoms with E-state index in [1.165, 1.54) is 0 Å². The zero-order chi connectivity index (χ0) is 59.3. The zero-order valence-corrected chi connectivity index (χ0v) is 54.9. The van der Waals surface area contributed by atoms with Crippen LogP contribution in [0.1, 0.15) is 243 Å². The molecule has 454 valence electrons. The van der Waals surface area contributed by atoms with Crippen LogP contribution < -0.4 is 63.0 Å². The molecule has 2 aromatic heterocycles. The van der Waals surface area contributed by atoms with Crippen LogP contribution in [0.25, 0.3) is 0 Å². The van der Waals surface area contributed by atoms with Gasteiger partial charge in [0.1, 0.15) is 0 Å². The predicted octanol–water partition coefficient (Wildman–Crippen LogP) is 9.87. The summed E-state index contributed by atoms with van der Waals surface area (Å²) in [6.07, 6.45) is 11.2. The first-order valence-corrected chi connectivity index (χ1v) is 31.1. The highest BCUT2D eigenvalue weighted by Gasteiger charge is 2.46. The number of nitrogens with zero attached hydrogens (tertiary/aromatic N) is 8. The van der Waals surface area contributed by atoms with E-state index in [0.29, 0.717) is 48.8 Å². The molecule has 0 bridgehead atoms. The van der Waals surface area contributed by atoms with E-state index in [1.54, 1.807) is 0 Å². The van der Waals surface area contributed by atoms with Crippen LogP contribution in [0.15, 0.2) is 0 Å². The molecule has 10 N–H and O–H groups in total. The topological polar surface area (TPSA) is 204 Å². The molecule has 6 saturated heterocycles. The van der Waals surface area contributed by atoms with Crippen LogP contribution in [0.4, 0.5) is 35.7 Å². The molecule has 0 amide bonds. The van der Waals surface area contributed by atoms with E-state index < -0.39 is 0 Å². The third-order valence-corrected chi connectivity index (χ3v) is 17.7. The van der Waals surface area contributed by atoms with Crippen molar-refractivity contribution in [1.82, 2.24) is 61.8 Å². The van der Waals surface area contributed by atoms with Gasteiger partial charge in [0.2, 0.25) is 35.7 Å². The van der Waals surface area contributed by atoms with Crippen molar-refractivity contribution in [3.8, 4) is 0 Å². The Morgan fingerprint density at radius 3 is 0.613 bits per heavy atom. The number of rotatable bonds is 15. The Hall–Kier alpha value is -3.42. The summed E-state index contributed by atoms with van der Waals surface area (Å²) in [4.78, 5) is 37.9. The fraction of sp³-hybridized carbons (Fsp3) is 0.903. The van der Waals surface area contributed by atoms with Gasteiger partial charge < -0.3 is 63.0 Å². The minimum Gasteiger partial charge on any atom is -0.351 e. The van der Waals surface area contributed by atoms with E-state index in [-0.39, 0.29) is 103 Å². The maximum absolute atomic E-state index is 5.56.